The molecule has 2 rings (SSSR count). The number of rotatable bonds is 2. The van der Waals surface area contributed by atoms with Crippen LogP contribution < -0.4 is 5.32 Å². The zero-order valence-electron chi connectivity index (χ0n) is 7.16. The standard InChI is InChI=1S/C7H11NO6/c9-1-2(10)4-5-3(6(11)13-4)8-7(12)14-5/h2-6,9-11H,1H2,(H,8,12)/t2-,3-,4-,5+,6?/m1/s1. The third-order valence-electron chi connectivity index (χ3n) is 2.38. The van der Waals surface area contributed by atoms with E-state index in [4.69, 9.17) is 14.6 Å². The van der Waals surface area contributed by atoms with Crippen molar-refractivity contribution in [2.45, 2.75) is 30.6 Å². The number of alkyl carbamates (subject to hydrolysis) is 1. The van der Waals surface area contributed by atoms with Crippen LogP contribution in [-0.2, 0) is 9.47 Å². The lowest BCUT2D eigenvalue weighted by Crippen LogP contribution is -2.41. The van der Waals surface area contributed by atoms with E-state index in [1.54, 1.807) is 0 Å². The van der Waals surface area contributed by atoms with Crippen LogP contribution in [0.25, 0.3) is 0 Å². The molecule has 2 aliphatic rings. The van der Waals surface area contributed by atoms with Gasteiger partial charge >= 0.3 is 6.09 Å². The van der Waals surface area contributed by atoms with Crippen molar-refractivity contribution in [3.63, 3.8) is 0 Å². The molecule has 0 aliphatic carbocycles. The van der Waals surface area contributed by atoms with Gasteiger partial charge in [-0.25, -0.2) is 4.79 Å². The maximum absolute atomic E-state index is 10.8. The minimum atomic E-state index is -1.21. The number of nitrogens with one attached hydrogen (secondary N) is 1. The Hall–Kier alpha value is -0.890. The molecule has 2 aliphatic heterocycles. The van der Waals surface area contributed by atoms with Gasteiger partial charge in [-0.1, -0.05) is 0 Å². The number of hydrogen-bond donors (Lipinski definition) is 4. The second kappa shape index (κ2) is 3.35. The molecule has 0 aromatic rings. The Bertz CT molecular complexity index is 246. The van der Waals surface area contributed by atoms with Crippen molar-refractivity contribution in [2.75, 3.05) is 6.61 Å². The van der Waals surface area contributed by atoms with Gasteiger partial charge in [0, 0.05) is 0 Å². The van der Waals surface area contributed by atoms with Gasteiger partial charge in [0.25, 0.3) is 0 Å². The summed E-state index contributed by atoms with van der Waals surface area (Å²) >= 11 is 0. The number of aliphatic hydroxyl groups excluding tert-OH is 3. The minimum Gasteiger partial charge on any atom is -0.441 e. The Labute approximate surface area is 79.2 Å². The molecule has 0 aromatic heterocycles. The summed E-state index contributed by atoms with van der Waals surface area (Å²) in [5.41, 5.74) is 0. The van der Waals surface area contributed by atoms with Crippen LogP contribution in [0.4, 0.5) is 4.79 Å². The number of hydrogen-bond acceptors (Lipinski definition) is 6. The van der Waals surface area contributed by atoms with Crippen molar-refractivity contribution in [1.82, 2.24) is 5.32 Å². The van der Waals surface area contributed by atoms with Crippen LogP contribution in [0.5, 0.6) is 0 Å². The molecule has 2 heterocycles. The first-order chi connectivity index (χ1) is 6.63. The number of aliphatic hydroxyl groups is 3. The molecule has 5 atom stereocenters. The summed E-state index contributed by atoms with van der Waals surface area (Å²) in [4.78, 5) is 10.8. The van der Waals surface area contributed by atoms with Crippen molar-refractivity contribution in [3.05, 3.63) is 0 Å². The largest absolute Gasteiger partial charge is 0.441 e. The van der Waals surface area contributed by atoms with Crippen molar-refractivity contribution < 1.29 is 29.6 Å². The van der Waals surface area contributed by atoms with Crippen LogP contribution >= 0.6 is 0 Å². The zero-order valence-corrected chi connectivity index (χ0v) is 7.16. The molecule has 2 fully saturated rings. The maximum atomic E-state index is 10.8. The van der Waals surface area contributed by atoms with Gasteiger partial charge in [0.2, 0.25) is 0 Å². The summed E-state index contributed by atoms with van der Waals surface area (Å²) in [5, 5.41) is 29.7. The molecule has 0 saturated carbocycles. The first-order valence-corrected chi connectivity index (χ1v) is 4.23. The van der Waals surface area contributed by atoms with Crippen LogP contribution in [0, 0.1) is 0 Å². The normalized spacial score (nSPS) is 42.9. The number of ether oxygens (including phenoxy) is 2. The molecule has 0 spiro atoms. The molecule has 0 radical (unpaired) electrons. The maximum Gasteiger partial charge on any atom is 0.408 e. The van der Waals surface area contributed by atoms with Gasteiger partial charge in [-0.3, -0.25) is 0 Å². The van der Waals surface area contributed by atoms with E-state index in [1.165, 1.54) is 0 Å². The monoisotopic (exact) mass is 205 g/mol. The van der Waals surface area contributed by atoms with E-state index in [1.807, 2.05) is 0 Å². The zero-order chi connectivity index (χ0) is 10.3. The van der Waals surface area contributed by atoms with E-state index >= 15 is 0 Å². The van der Waals surface area contributed by atoms with Gasteiger partial charge in [0.1, 0.15) is 18.2 Å². The predicted molar refractivity (Wildman–Crippen MR) is 41.2 cm³/mol. The second-order valence-electron chi connectivity index (χ2n) is 3.28. The molecular weight excluding hydrogens is 194 g/mol. The number of fused-ring (bicyclic) bond motifs is 1. The van der Waals surface area contributed by atoms with Crippen molar-refractivity contribution in [3.8, 4) is 0 Å². The van der Waals surface area contributed by atoms with Gasteiger partial charge in [-0.05, 0) is 0 Å². The van der Waals surface area contributed by atoms with E-state index < -0.39 is 43.3 Å². The Kier molecular flexibility index (Phi) is 2.31. The lowest BCUT2D eigenvalue weighted by atomic mass is 10.1. The second-order valence-corrected chi connectivity index (χ2v) is 3.28. The summed E-state index contributed by atoms with van der Waals surface area (Å²) in [5.74, 6) is 0. The van der Waals surface area contributed by atoms with Gasteiger partial charge in [-0.2, -0.15) is 0 Å². The van der Waals surface area contributed by atoms with Crippen LogP contribution in [0.1, 0.15) is 0 Å². The van der Waals surface area contributed by atoms with Crippen LogP contribution in [0.15, 0.2) is 0 Å². The molecule has 0 aromatic carbocycles. The van der Waals surface area contributed by atoms with Gasteiger partial charge in [0.15, 0.2) is 12.4 Å². The highest BCUT2D eigenvalue weighted by atomic mass is 16.7. The fourth-order valence-corrected chi connectivity index (χ4v) is 1.69. The molecule has 0 bridgehead atoms. The number of carbonyl (C=O) groups excluding carboxylic acids is 1. The highest BCUT2D eigenvalue weighted by molar-refractivity contribution is 5.70. The lowest BCUT2D eigenvalue weighted by Gasteiger charge is -2.19. The topological polar surface area (TPSA) is 108 Å². The van der Waals surface area contributed by atoms with Crippen LogP contribution in [-0.4, -0.2) is 58.7 Å². The minimum absolute atomic E-state index is 0.516. The van der Waals surface area contributed by atoms with E-state index in [2.05, 4.69) is 5.32 Å². The summed E-state index contributed by atoms with van der Waals surface area (Å²) in [6, 6.07) is -0.673. The van der Waals surface area contributed by atoms with Gasteiger partial charge in [-0.15, -0.1) is 0 Å². The van der Waals surface area contributed by atoms with E-state index in [0.29, 0.717) is 0 Å². The Morgan fingerprint density at radius 2 is 2.29 bits per heavy atom. The van der Waals surface area contributed by atoms with Crippen molar-refractivity contribution in [2.24, 2.45) is 0 Å². The molecule has 2 saturated heterocycles. The molecule has 80 valence electrons. The molecule has 1 unspecified atom stereocenters. The van der Waals surface area contributed by atoms with E-state index in [0.717, 1.165) is 0 Å². The molecule has 7 heteroatoms. The average Bonchev–Trinajstić information content (AvgIpc) is 2.65. The average molecular weight is 205 g/mol. The third-order valence-corrected chi connectivity index (χ3v) is 2.38. The SMILES string of the molecule is O=C1N[C@H]2C(O)O[C@H]([C@H](O)CO)[C@H]2O1. The molecule has 14 heavy (non-hydrogen) atoms. The highest BCUT2D eigenvalue weighted by Gasteiger charge is 2.53. The van der Waals surface area contributed by atoms with Crippen molar-refractivity contribution in [1.29, 1.82) is 0 Å². The molecule has 7 nitrogen and oxygen atoms in total. The molecule has 1 amide bonds. The van der Waals surface area contributed by atoms with Crippen LogP contribution in [0.3, 0.4) is 0 Å². The van der Waals surface area contributed by atoms with Gasteiger partial charge < -0.3 is 30.1 Å². The van der Waals surface area contributed by atoms with E-state index in [9.17, 15) is 15.0 Å². The molecular formula is C7H11NO6. The van der Waals surface area contributed by atoms with E-state index in [-0.39, 0.29) is 0 Å². The fourth-order valence-electron chi connectivity index (χ4n) is 1.69. The Morgan fingerprint density at radius 3 is 2.93 bits per heavy atom. The Morgan fingerprint density at radius 1 is 1.57 bits per heavy atom. The number of amides is 1. The van der Waals surface area contributed by atoms with Gasteiger partial charge in [0.05, 0.1) is 6.61 Å². The molecule has 4 N–H and O–H groups in total. The summed E-state index contributed by atoms with van der Waals surface area (Å²) in [6.45, 7) is -0.516. The first kappa shape index (κ1) is 9.66. The summed E-state index contributed by atoms with van der Waals surface area (Å²) in [6.07, 6.45) is -4.68. The number of carbonyl (C=O) groups is 1. The predicted octanol–water partition coefficient (Wildman–Crippen LogP) is -2.47. The lowest BCUT2D eigenvalue weighted by molar-refractivity contribution is -0.142. The van der Waals surface area contributed by atoms with Crippen LogP contribution in [0.2, 0.25) is 0 Å². The summed E-state index contributed by atoms with van der Waals surface area (Å²) in [7, 11) is 0. The van der Waals surface area contributed by atoms with Crippen molar-refractivity contribution >= 4 is 6.09 Å². The smallest absolute Gasteiger partial charge is 0.408 e. The third kappa shape index (κ3) is 1.34. The fraction of sp³-hybridized carbons (Fsp3) is 0.857. The quantitative estimate of drug-likeness (QED) is 0.398. The highest BCUT2D eigenvalue weighted by Crippen LogP contribution is 2.28. The first-order valence-electron chi connectivity index (χ1n) is 4.23. The Balaban J connectivity index is 2.11. The summed E-state index contributed by atoms with van der Waals surface area (Å²) < 4.78 is 9.72.